The van der Waals surface area contributed by atoms with Crippen LogP contribution in [0.5, 0.6) is 0 Å². The van der Waals surface area contributed by atoms with Gasteiger partial charge in [0.1, 0.15) is 0 Å². The van der Waals surface area contributed by atoms with Gasteiger partial charge in [-0.2, -0.15) is 5.10 Å². The number of nitrogens with one attached hydrogen (secondary N) is 2. The molecule has 0 saturated heterocycles. The predicted octanol–water partition coefficient (Wildman–Crippen LogP) is 0.835. The summed E-state index contributed by atoms with van der Waals surface area (Å²) in [5, 5.41) is 18.4. The number of carbonyl (C=O) groups excluding carboxylic acids is 1. The van der Waals surface area contributed by atoms with Crippen molar-refractivity contribution in [1.29, 1.82) is 0 Å². The van der Waals surface area contributed by atoms with Crippen molar-refractivity contribution in [3.63, 3.8) is 0 Å². The van der Waals surface area contributed by atoms with Crippen LogP contribution in [0, 0.1) is 18.8 Å². The molecule has 1 aliphatic carbocycles. The second-order valence-corrected chi connectivity index (χ2v) is 4.78. The summed E-state index contributed by atoms with van der Waals surface area (Å²) in [6.45, 7) is 2.33. The van der Waals surface area contributed by atoms with Crippen LogP contribution in [0.4, 0.5) is 0 Å². The lowest BCUT2D eigenvalue weighted by Gasteiger charge is -2.10. The van der Waals surface area contributed by atoms with E-state index in [1.54, 1.807) is 6.20 Å². The van der Waals surface area contributed by atoms with Crippen LogP contribution < -0.4 is 5.32 Å². The number of rotatable bonds is 4. The van der Waals surface area contributed by atoms with Gasteiger partial charge in [0.15, 0.2) is 0 Å². The van der Waals surface area contributed by atoms with Gasteiger partial charge in [0.25, 0.3) is 0 Å². The molecule has 6 heteroatoms. The Kier molecular flexibility index (Phi) is 3.64. The molecular formula is C12H17N3O3. The zero-order chi connectivity index (χ0) is 13.1. The van der Waals surface area contributed by atoms with Crippen molar-refractivity contribution >= 4 is 11.9 Å². The molecule has 0 spiro atoms. The van der Waals surface area contributed by atoms with Crippen LogP contribution in [-0.4, -0.2) is 27.2 Å². The molecule has 2 rings (SSSR count). The summed E-state index contributed by atoms with van der Waals surface area (Å²) in [5.41, 5.74) is 1.89. The summed E-state index contributed by atoms with van der Waals surface area (Å²) in [6.07, 6.45) is 3.39. The minimum Gasteiger partial charge on any atom is -0.481 e. The summed E-state index contributed by atoms with van der Waals surface area (Å²) in [4.78, 5) is 22.7. The Morgan fingerprint density at radius 2 is 2.22 bits per heavy atom. The molecular weight excluding hydrogens is 234 g/mol. The van der Waals surface area contributed by atoms with Crippen molar-refractivity contribution in [3.05, 3.63) is 17.5 Å². The van der Waals surface area contributed by atoms with E-state index in [9.17, 15) is 9.59 Å². The second kappa shape index (κ2) is 5.20. The maximum absolute atomic E-state index is 11.9. The molecule has 98 valence electrons. The Hall–Kier alpha value is -1.85. The van der Waals surface area contributed by atoms with E-state index < -0.39 is 5.97 Å². The Morgan fingerprint density at radius 1 is 1.50 bits per heavy atom. The van der Waals surface area contributed by atoms with E-state index in [-0.39, 0.29) is 17.7 Å². The van der Waals surface area contributed by atoms with Crippen molar-refractivity contribution in [2.45, 2.75) is 32.7 Å². The fraction of sp³-hybridized carbons (Fsp3) is 0.583. The van der Waals surface area contributed by atoms with E-state index in [1.165, 1.54) is 0 Å². The number of aromatic nitrogens is 2. The summed E-state index contributed by atoms with van der Waals surface area (Å²) < 4.78 is 0. The van der Waals surface area contributed by atoms with Crippen LogP contribution in [-0.2, 0) is 16.1 Å². The van der Waals surface area contributed by atoms with Crippen LogP contribution in [0.1, 0.15) is 30.5 Å². The van der Waals surface area contributed by atoms with Gasteiger partial charge in [-0.15, -0.1) is 0 Å². The van der Waals surface area contributed by atoms with Crippen LogP contribution >= 0.6 is 0 Å². The fourth-order valence-electron chi connectivity index (χ4n) is 2.32. The second-order valence-electron chi connectivity index (χ2n) is 4.78. The molecule has 1 amide bonds. The molecule has 1 saturated carbocycles. The number of carboxylic acid groups (broad SMARTS) is 1. The highest BCUT2D eigenvalue weighted by Gasteiger charge is 2.33. The average Bonchev–Trinajstić information content (AvgIpc) is 2.94. The minimum atomic E-state index is -0.795. The lowest BCUT2D eigenvalue weighted by molar-refractivity contribution is -0.141. The normalized spacial score (nSPS) is 22.9. The molecule has 1 aliphatic rings. The minimum absolute atomic E-state index is 0.0562. The number of carboxylic acids is 1. The smallest absolute Gasteiger partial charge is 0.306 e. The van der Waals surface area contributed by atoms with E-state index in [4.69, 9.17) is 5.11 Å². The molecule has 18 heavy (non-hydrogen) atoms. The molecule has 6 nitrogen and oxygen atoms in total. The fourth-order valence-corrected chi connectivity index (χ4v) is 2.32. The summed E-state index contributed by atoms with van der Waals surface area (Å²) >= 11 is 0. The van der Waals surface area contributed by atoms with Crippen molar-refractivity contribution in [2.24, 2.45) is 11.8 Å². The van der Waals surface area contributed by atoms with E-state index >= 15 is 0 Å². The molecule has 1 heterocycles. The Bertz CT molecular complexity index is 455. The molecule has 1 aromatic rings. The number of aryl methyl sites for hydroxylation is 1. The number of nitrogens with zero attached hydrogens (tertiary/aromatic N) is 1. The van der Waals surface area contributed by atoms with Crippen molar-refractivity contribution in [3.8, 4) is 0 Å². The standard InChI is InChI=1S/C12H17N3O3/c1-7-10(6-14-15-7)5-13-11(16)8-2-3-9(4-8)12(17)18/h6,8-9H,2-5H2,1H3,(H,13,16)(H,14,15)(H,17,18)/t8-,9+/m1/s1. The van der Waals surface area contributed by atoms with Gasteiger partial charge >= 0.3 is 5.97 Å². The van der Waals surface area contributed by atoms with Crippen molar-refractivity contribution in [2.75, 3.05) is 0 Å². The molecule has 0 aromatic carbocycles. The van der Waals surface area contributed by atoms with Gasteiger partial charge in [-0.3, -0.25) is 14.7 Å². The largest absolute Gasteiger partial charge is 0.481 e. The molecule has 0 radical (unpaired) electrons. The number of hydrogen-bond acceptors (Lipinski definition) is 3. The number of hydrogen-bond donors (Lipinski definition) is 3. The Balaban J connectivity index is 1.83. The van der Waals surface area contributed by atoms with Crippen molar-refractivity contribution < 1.29 is 14.7 Å². The van der Waals surface area contributed by atoms with Crippen LogP contribution in [0.25, 0.3) is 0 Å². The van der Waals surface area contributed by atoms with Crippen molar-refractivity contribution in [1.82, 2.24) is 15.5 Å². The summed E-state index contributed by atoms with van der Waals surface area (Å²) in [5.74, 6) is -1.38. The van der Waals surface area contributed by atoms with E-state index in [1.807, 2.05) is 6.92 Å². The van der Waals surface area contributed by atoms with Crippen LogP contribution in [0.15, 0.2) is 6.20 Å². The van der Waals surface area contributed by atoms with Gasteiger partial charge in [-0.05, 0) is 26.2 Å². The quantitative estimate of drug-likeness (QED) is 0.738. The summed E-state index contributed by atoms with van der Waals surface area (Å²) in [7, 11) is 0. The molecule has 0 bridgehead atoms. The summed E-state index contributed by atoms with van der Waals surface area (Å²) in [6, 6.07) is 0. The van der Waals surface area contributed by atoms with Gasteiger partial charge in [-0.25, -0.2) is 0 Å². The molecule has 0 aliphatic heterocycles. The number of aliphatic carboxylic acids is 1. The number of carbonyl (C=O) groups is 2. The van der Waals surface area contributed by atoms with E-state index in [0.29, 0.717) is 25.8 Å². The third-order valence-corrected chi connectivity index (χ3v) is 3.54. The first kappa shape index (κ1) is 12.6. The highest BCUT2D eigenvalue weighted by molar-refractivity contribution is 5.80. The first-order valence-electron chi connectivity index (χ1n) is 6.07. The third-order valence-electron chi connectivity index (χ3n) is 3.54. The van der Waals surface area contributed by atoms with Gasteiger partial charge in [-0.1, -0.05) is 0 Å². The molecule has 1 aromatic heterocycles. The lowest BCUT2D eigenvalue weighted by atomic mass is 10.0. The molecule has 3 N–H and O–H groups in total. The highest BCUT2D eigenvalue weighted by Crippen LogP contribution is 2.31. The van der Waals surface area contributed by atoms with Crippen LogP contribution in [0.3, 0.4) is 0 Å². The lowest BCUT2D eigenvalue weighted by Crippen LogP contribution is -2.29. The van der Waals surface area contributed by atoms with Crippen LogP contribution in [0.2, 0.25) is 0 Å². The highest BCUT2D eigenvalue weighted by atomic mass is 16.4. The SMILES string of the molecule is Cc1[nH]ncc1CNC(=O)[C@@H]1CC[C@H](C(=O)O)C1. The van der Waals surface area contributed by atoms with Gasteiger partial charge in [0.05, 0.1) is 12.1 Å². The number of aromatic amines is 1. The topological polar surface area (TPSA) is 95.1 Å². The third kappa shape index (κ3) is 2.69. The number of amides is 1. The zero-order valence-electron chi connectivity index (χ0n) is 10.3. The predicted molar refractivity (Wildman–Crippen MR) is 63.6 cm³/mol. The monoisotopic (exact) mass is 251 g/mol. The zero-order valence-corrected chi connectivity index (χ0v) is 10.3. The molecule has 2 atom stereocenters. The average molecular weight is 251 g/mol. The van der Waals surface area contributed by atoms with Gasteiger partial charge < -0.3 is 10.4 Å². The Labute approximate surface area is 105 Å². The number of H-pyrrole nitrogens is 1. The van der Waals surface area contributed by atoms with E-state index in [0.717, 1.165) is 11.3 Å². The van der Waals surface area contributed by atoms with Gasteiger partial charge in [0.2, 0.25) is 5.91 Å². The molecule has 0 unspecified atom stereocenters. The Morgan fingerprint density at radius 3 is 2.78 bits per heavy atom. The molecule has 1 fully saturated rings. The maximum Gasteiger partial charge on any atom is 0.306 e. The first-order valence-corrected chi connectivity index (χ1v) is 6.07. The van der Waals surface area contributed by atoms with E-state index in [2.05, 4.69) is 15.5 Å². The maximum atomic E-state index is 11.9. The van der Waals surface area contributed by atoms with Gasteiger partial charge in [0, 0.05) is 23.7 Å². The first-order chi connectivity index (χ1) is 8.58.